The number of rotatable bonds is 6. The predicted octanol–water partition coefficient (Wildman–Crippen LogP) is 3.85. The van der Waals surface area contributed by atoms with E-state index in [-0.39, 0.29) is 29.2 Å². The summed E-state index contributed by atoms with van der Waals surface area (Å²) in [5.41, 5.74) is 0.382. The lowest BCUT2D eigenvalue weighted by Crippen LogP contribution is -2.48. The topological polar surface area (TPSA) is 50.4 Å². The number of carbonyl (C=O) groups excluding carboxylic acids is 1. The number of benzene rings is 1. The quantitative estimate of drug-likeness (QED) is 0.418. The van der Waals surface area contributed by atoms with Crippen molar-refractivity contribution < 1.29 is 18.3 Å². The van der Waals surface area contributed by atoms with Gasteiger partial charge in [-0.2, -0.15) is 8.78 Å². The summed E-state index contributed by atoms with van der Waals surface area (Å²) in [6.45, 7) is 5.49. The van der Waals surface area contributed by atoms with Crippen molar-refractivity contribution in [2.24, 2.45) is 0 Å². The van der Waals surface area contributed by atoms with Gasteiger partial charge in [0.05, 0.1) is 11.6 Å². The van der Waals surface area contributed by atoms with Gasteiger partial charge in [-0.1, -0.05) is 34.1 Å². The molecule has 140 valence electrons. The van der Waals surface area contributed by atoms with E-state index in [2.05, 4.69) is 38.2 Å². The van der Waals surface area contributed by atoms with Crippen molar-refractivity contribution in [2.75, 3.05) is 6.61 Å². The fraction of sp³-hybridized carbons (Fsp3) is 0.611. The predicted molar refractivity (Wildman–Crippen MR) is 96.9 cm³/mol. The lowest BCUT2D eigenvalue weighted by atomic mass is 9.97. The molecule has 1 heterocycles. The van der Waals surface area contributed by atoms with Crippen LogP contribution in [0.25, 0.3) is 0 Å². The number of carbonyl (C=O) groups is 1. The fourth-order valence-corrected chi connectivity index (χ4v) is 4.05. The maximum Gasteiger partial charge on any atom is 0.381 e. The van der Waals surface area contributed by atoms with E-state index in [4.69, 9.17) is 0 Å². The third kappa shape index (κ3) is 5.21. The second-order valence-corrected chi connectivity index (χ2v) is 7.62. The van der Waals surface area contributed by atoms with Crippen LogP contribution in [0.5, 0.6) is 0 Å². The maximum atomic E-state index is 14.2. The van der Waals surface area contributed by atoms with E-state index in [1.54, 1.807) is 12.1 Å². The lowest BCUT2D eigenvalue weighted by Gasteiger charge is -2.34. The van der Waals surface area contributed by atoms with Crippen molar-refractivity contribution in [1.29, 1.82) is 0 Å². The molecule has 1 saturated heterocycles. The van der Waals surface area contributed by atoms with Gasteiger partial charge in [0.2, 0.25) is 0 Å². The smallest absolute Gasteiger partial charge is 0.381 e. The van der Waals surface area contributed by atoms with Crippen molar-refractivity contribution in [3.8, 4) is 0 Å². The Balaban J connectivity index is 2.11. The normalized spacial score (nSPS) is 25.4. The Kier molecular flexibility index (Phi) is 6.93. The van der Waals surface area contributed by atoms with Crippen LogP contribution in [0.4, 0.5) is 8.78 Å². The van der Waals surface area contributed by atoms with Crippen LogP contribution in [0, 0.1) is 0 Å². The number of nitrogens with one attached hydrogen (secondary N) is 2. The Morgan fingerprint density at radius 2 is 2.20 bits per heavy atom. The number of alkyl halides is 3. The third-order valence-corrected chi connectivity index (χ3v) is 5.00. The van der Waals surface area contributed by atoms with Crippen LogP contribution in [0.2, 0.25) is 0 Å². The zero-order valence-electron chi connectivity index (χ0n) is 14.7. The first kappa shape index (κ1) is 20.3. The molecule has 1 aromatic carbocycles. The molecule has 25 heavy (non-hydrogen) atoms. The molecule has 0 aromatic heterocycles. The molecule has 4 atom stereocenters. The molecular formula is C18H25BrF2N2O2. The number of hydrogen-bond acceptors (Lipinski definition) is 4. The van der Waals surface area contributed by atoms with E-state index in [0.717, 1.165) is 18.4 Å². The monoisotopic (exact) mass is 418 g/mol. The van der Waals surface area contributed by atoms with Gasteiger partial charge in [-0.05, 0) is 45.2 Å². The summed E-state index contributed by atoms with van der Waals surface area (Å²) in [6.07, 6.45) is 1.87. The molecule has 2 rings (SSSR count). The Hall–Kier alpha value is -1.05. The molecule has 0 aliphatic carbocycles. The van der Waals surface area contributed by atoms with Crippen LogP contribution < -0.4 is 10.6 Å². The molecule has 3 unspecified atom stereocenters. The Bertz CT molecular complexity index is 590. The van der Waals surface area contributed by atoms with Gasteiger partial charge in [0, 0.05) is 23.7 Å². The third-order valence-electron chi connectivity index (χ3n) is 4.36. The molecule has 1 aromatic rings. The van der Waals surface area contributed by atoms with E-state index < -0.39 is 11.9 Å². The maximum absolute atomic E-state index is 14.2. The molecule has 1 aliphatic rings. The summed E-state index contributed by atoms with van der Waals surface area (Å²) in [7, 11) is 0. The fourth-order valence-electron chi connectivity index (χ4n) is 3.15. The highest BCUT2D eigenvalue weighted by Gasteiger charge is 2.42. The molecule has 0 spiro atoms. The summed E-state index contributed by atoms with van der Waals surface area (Å²) in [5, 5.41) is 6.90. The summed E-state index contributed by atoms with van der Waals surface area (Å²) >= 11 is 3.58. The molecular weight excluding hydrogens is 394 g/mol. The van der Waals surface area contributed by atoms with E-state index in [1.165, 1.54) is 19.1 Å². The molecule has 0 saturated carbocycles. The summed E-state index contributed by atoms with van der Waals surface area (Å²) in [6, 6.07) is 6.53. The molecule has 4 nitrogen and oxygen atoms in total. The first-order valence-corrected chi connectivity index (χ1v) is 9.47. The second kappa shape index (κ2) is 8.56. The molecule has 1 fully saturated rings. The van der Waals surface area contributed by atoms with Crippen LogP contribution in [-0.4, -0.2) is 29.6 Å². The molecule has 0 amide bonds. The van der Waals surface area contributed by atoms with Crippen LogP contribution >= 0.6 is 15.9 Å². The highest BCUT2D eigenvalue weighted by molar-refractivity contribution is 9.09. The Labute approximate surface area is 155 Å². The standard InChI is InChI=1S/C18H25BrF2N2O2/c1-4-25-17(24)18(20,21)14-7-5-6-13(9-14)12(3)23-15-8-11(2)22-16(19)10-15/h5-7,9,11-12,15-16,22-23H,4,8,10H2,1-3H3/t11?,12-,15?,16?/m1/s1. The number of piperidine rings is 1. The first-order valence-electron chi connectivity index (χ1n) is 8.55. The molecule has 1 aliphatic heterocycles. The minimum absolute atomic E-state index is 0.0757. The largest absolute Gasteiger partial charge is 0.461 e. The average molecular weight is 419 g/mol. The second-order valence-electron chi connectivity index (χ2n) is 6.51. The molecule has 2 N–H and O–H groups in total. The van der Waals surface area contributed by atoms with E-state index in [9.17, 15) is 13.6 Å². The summed E-state index contributed by atoms with van der Waals surface area (Å²) in [5.74, 6) is -5.15. The number of hydrogen-bond donors (Lipinski definition) is 2. The van der Waals surface area contributed by atoms with Crippen LogP contribution in [0.3, 0.4) is 0 Å². The highest BCUT2D eigenvalue weighted by atomic mass is 79.9. The van der Waals surface area contributed by atoms with Crippen molar-refractivity contribution in [1.82, 2.24) is 10.6 Å². The van der Waals surface area contributed by atoms with Crippen molar-refractivity contribution in [2.45, 2.75) is 62.6 Å². The minimum Gasteiger partial charge on any atom is -0.461 e. The van der Waals surface area contributed by atoms with Crippen LogP contribution in [0.1, 0.15) is 50.8 Å². The van der Waals surface area contributed by atoms with Gasteiger partial charge >= 0.3 is 11.9 Å². The minimum atomic E-state index is -3.64. The van der Waals surface area contributed by atoms with Crippen molar-refractivity contribution in [3.63, 3.8) is 0 Å². The molecule has 0 bridgehead atoms. The van der Waals surface area contributed by atoms with Gasteiger partial charge in [-0.3, -0.25) is 0 Å². The summed E-state index contributed by atoms with van der Waals surface area (Å²) in [4.78, 5) is 11.8. The number of halogens is 3. The average Bonchev–Trinajstić information content (AvgIpc) is 2.54. The zero-order chi connectivity index (χ0) is 18.6. The van der Waals surface area contributed by atoms with E-state index in [0.29, 0.717) is 6.04 Å². The van der Waals surface area contributed by atoms with Gasteiger partial charge in [0.25, 0.3) is 0 Å². The van der Waals surface area contributed by atoms with E-state index >= 15 is 0 Å². The number of ether oxygens (including phenoxy) is 1. The lowest BCUT2D eigenvalue weighted by molar-refractivity contribution is -0.173. The van der Waals surface area contributed by atoms with Gasteiger partial charge < -0.3 is 15.4 Å². The first-order chi connectivity index (χ1) is 11.7. The SMILES string of the molecule is CCOC(=O)C(F)(F)c1cccc([C@@H](C)NC2CC(C)NC(Br)C2)c1. The molecule has 0 radical (unpaired) electrons. The van der Waals surface area contributed by atoms with Gasteiger partial charge in [-0.25, -0.2) is 4.79 Å². The van der Waals surface area contributed by atoms with Crippen LogP contribution in [-0.2, 0) is 15.5 Å². The number of esters is 1. The van der Waals surface area contributed by atoms with Gasteiger partial charge in [0.1, 0.15) is 0 Å². The Morgan fingerprint density at radius 1 is 1.48 bits per heavy atom. The van der Waals surface area contributed by atoms with Crippen molar-refractivity contribution >= 4 is 21.9 Å². The zero-order valence-corrected chi connectivity index (χ0v) is 16.3. The summed E-state index contributed by atoms with van der Waals surface area (Å²) < 4.78 is 33.0. The van der Waals surface area contributed by atoms with Crippen LogP contribution in [0.15, 0.2) is 24.3 Å². The van der Waals surface area contributed by atoms with Crippen molar-refractivity contribution in [3.05, 3.63) is 35.4 Å². The Morgan fingerprint density at radius 3 is 2.84 bits per heavy atom. The van der Waals surface area contributed by atoms with E-state index in [1.807, 2.05) is 6.92 Å². The van der Waals surface area contributed by atoms with Gasteiger partial charge in [0.15, 0.2) is 0 Å². The van der Waals surface area contributed by atoms with Gasteiger partial charge in [-0.15, -0.1) is 0 Å². The molecule has 7 heteroatoms. The highest BCUT2D eigenvalue weighted by Crippen LogP contribution is 2.31.